The fourth-order valence-corrected chi connectivity index (χ4v) is 3.15. The summed E-state index contributed by atoms with van der Waals surface area (Å²) in [6.45, 7) is 5.27. The summed E-state index contributed by atoms with van der Waals surface area (Å²) in [5, 5.41) is 2.83. The second kappa shape index (κ2) is 6.44. The van der Waals surface area contributed by atoms with Crippen molar-refractivity contribution < 1.29 is 9.18 Å². The molecule has 1 atom stereocenters. The lowest BCUT2D eigenvalue weighted by atomic mass is 10.0. The van der Waals surface area contributed by atoms with Gasteiger partial charge in [-0.15, -0.1) is 0 Å². The van der Waals surface area contributed by atoms with E-state index in [0.29, 0.717) is 17.8 Å². The highest BCUT2D eigenvalue weighted by atomic mass is 19.1. The minimum atomic E-state index is -0.305. The summed E-state index contributed by atoms with van der Waals surface area (Å²) in [5.74, 6) is -0.305. The Bertz CT molecular complexity index is 710. The number of nitrogens with zero attached hydrogens (tertiary/aromatic N) is 2. The first-order valence-corrected chi connectivity index (χ1v) is 8.09. The lowest BCUT2D eigenvalue weighted by Gasteiger charge is -2.37. The maximum Gasteiger partial charge on any atom is 0.322 e. The van der Waals surface area contributed by atoms with Gasteiger partial charge < -0.3 is 14.8 Å². The number of fused-ring (bicyclic) bond motifs is 1. The van der Waals surface area contributed by atoms with Gasteiger partial charge >= 0.3 is 6.03 Å². The van der Waals surface area contributed by atoms with E-state index in [-0.39, 0.29) is 17.9 Å². The highest BCUT2D eigenvalue weighted by molar-refractivity contribution is 5.89. The molecule has 0 radical (unpaired) electrons. The predicted octanol–water partition coefficient (Wildman–Crippen LogP) is 4.32. The van der Waals surface area contributed by atoms with Crippen LogP contribution in [0.15, 0.2) is 36.5 Å². The molecule has 122 valence electrons. The number of aryl methyl sites for hydroxylation is 1. The van der Waals surface area contributed by atoms with Crippen LogP contribution in [-0.2, 0) is 6.54 Å². The number of amides is 2. The van der Waals surface area contributed by atoms with Crippen molar-refractivity contribution in [3.8, 4) is 0 Å². The molecule has 0 unspecified atom stereocenters. The van der Waals surface area contributed by atoms with E-state index in [9.17, 15) is 9.18 Å². The Kier molecular flexibility index (Phi) is 4.37. The zero-order chi connectivity index (χ0) is 16.4. The molecule has 1 aliphatic heterocycles. The summed E-state index contributed by atoms with van der Waals surface area (Å²) < 4.78 is 15.9. The zero-order valence-corrected chi connectivity index (χ0v) is 13.6. The Hall–Kier alpha value is -2.30. The van der Waals surface area contributed by atoms with Gasteiger partial charge in [0.2, 0.25) is 0 Å². The number of benzene rings is 1. The number of rotatable bonds is 3. The molecule has 2 heterocycles. The summed E-state index contributed by atoms with van der Waals surface area (Å²) in [6, 6.07) is 8.78. The van der Waals surface area contributed by atoms with Crippen LogP contribution >= 0.6 is 0 Å². The third kappa shape index (κ3) is 3.09. The van der Waals surface area contributed by atoms with E-state index in [1.165, 1.54) is 11.8 Å². The van der Waals surface area contributed by atoms with Gasteiger partial charge in [-0.25, -0.2) is 9.18 Å². The summed E-state index contributed by atoms with van der Waals surface area (Å²) in [7, 11) is 0. The number of anilines is 1. The first-order valence-electron chi connectivity index (χ1n) is 8.09. The Labute approximate surface area is 135 Å². The van der Waals surface area contributed by atoms with Gasteiger partial charge in [-0.2, -0.15) is 0 Å². The maximum atomic E-state index is 13.7. The van der Waals surface area contributed by atoms with E-state index in [0.717, 1.165) is 19.4 Å². The van der Waals surface area contributed by atoms with Crippen molar-refractivity contribution in [3.05, 3.63) is 53.6 Å². The normalized spacial score (nSPS) is 17.0. The average molecular weight is 315 g/mol. The topological polar surface area (TPSA) is 37.3 Å². The molecule has 3 rings (SSSR count). The van der Waals surface area contributed by atoms with Crippen LogP contribution in [0.2, 0.25) is 0 Å². The SMILES string of the molecule is CCC[C@H]1c2cccn2CCN1C(=O)Nc1ccc(C)c(F)c1. The van der Waals surface area contributed by atoms with Crippen LogP contribution in [0.1, 0.15) is 37.1 Å². The van der Waals surface area contributed by atoms with Crippen molar-refractivity contribution >= 4 is 11.7 Å². The smallest absolute Gasteiger partial charge is 0.322 e. The Balaban J connectivity index is 1.79. The molecule has 1 aliphatic rings. The quantitative estimate of drug-likeness (QED) is 0.899. The van der Waals surface area contributed by atoms with Gasteiger partial charge in [0.15, 0.2) is 0 Å². The van der Waals surface area contributed by atoms with Gasteiger partial charge in [-0.3, -0.25) is 0 Å². The lowest BCUT2D eigenvalue weighted by molar-refractivity contribution is 0.163. The van der Waals surface area contributed by atoms with E-state index in [1.807, 2.05) is 11.0 Å². The minimum Gasteiger partial charge on any atom is -0.348 e. The average Bonchev–Trinajstić information content (AvgIpc) is 3.00. The molecule has 0 fully saturated rings. The molecular weight excluding hydrogens is 293 g/mol. The largest absolute Gasteiger partial charge is 0.348 e. The number of halogens is 1. The van der Waals surface area contributed by atoms with Crippen molar-refractivity contribution in [2.75, 3.05) is 11.9 Å². The number of carbonyl (C=O) groups is 1. The van der Waals surface area contributed by atoms with Crippen LogP contribution in [-0.4, -0.2) is 22.0 Å². The molecule has 0 spiro atoms. The van der Waals surface area contributed by atoms with Crippen molar-refractivity contribution in [2.24, 2.45) is 0 Å². The Morgan fingerprint density at radius 1 is 1.35 bits per heavy atom. The van der Waals surface area contributed by atoms with Gasteiger partial charge in [0.25, 0.3) is 0 Å². The zero-order valence-electron chi connectivity index (χ0n) is 13.6. The van der Waals surface area contributed by atoms with Crippen LogP contribution < -0.4 is 5.32 Å². The Morgan fingerprint density at radius 2 is 2.17 bits per heavy atom. The molecule has 1 aromatic carbocycles. The second-order valence-corrected chi connectivity index (χ2v) is 6.02. The molecule has 0 saturated carbocycles. The van der Waals surface area contributed by atoms with Crippen molar-refractivity contribution in [1.29, 1.82) is 0 Å². The van der Waals surface area contributed by atoms with Gasteiger partial charge in [0.05, 0.1) is 6.04 Å². The summed E-state index contributed by atoms with van der Waals surface area (Å²) >= 11 is 0. The van der Waals surface area contributed by atoms with Crippen LogP contribution in [0, 0.1) is 12.7 Å². The van der Waals surface area contributed by atoms with E-state index >= 15 is 0 Å². The molecule has 2 amide bonds. The van der Waals surface area contributed by atoms with Crippen LogP contribution in [0.3, 0.4) is 0 Å². The molecule has 5 heteroatoms. The molecular formula is C18H22FN3O. The van der Waals surface area contributed by atoms with Gasteiger partial charge in [-0.1, -0.05) is 19.4 Å². The van der Waals surface area contributed by atoms with Gasteiger partial charge in [-0.05, 0) is 43.2 Å². The Morgan fingerprint density at radius 3 is 2.91 bits per heavy atom. The molecule has 23 heavy (non-hydrogen) atoms. The highest BCUT2D eigenvalue weighted by Gasteiger charge is 2.30. The first kappa shape index (κ1) is 15.6. The standard InChI is InChI=1S/C18H22FN3O/c1-3-5-17-16-6-4-9-21(16)10-11-22(17)18(23)20-14-8-7-13(2)15(19)12-14/h4,6-9,12,17H,3,5,10-11H2,1-2H3,(H,20,23)/t17-/m0/s1. The van der Waals surface area contributed by atoms with E-state index in [2.05, 4.69) is 29.1 Å². The molecule has 1 aromatic heterocycles. The van der Waals surface area contributed by atoms with E-state index < -0.39 is 0 Å². The lowest BCUT2D eigenvalue weighted by Crippen LogP contribution is -2.44. The molecule has 0 aliphatic carbocycles. The summed E-state index contributed by atoms with van der Waals surface area (Å²) in [4.78, 5) is 14.5. The number of carbonyl (C=O) groups excluding carboxylic acids is 1. The monoisotopic (exact) mass is 315 g/mol. The molecule has 0 saturated heterocycles. The first-order chi connectivity index (χ1) is 11.1. The third-order valence-corrected chi connectivity index (χ3v) is 4.41. The van der Waals surface area contributed by atoms with Crippen molar-refractivity contribution in [3.63, 3.8) is 0 Å². The maximum absolute atomic E-state index is 13.7. The third-order valence-electron chi connectivity index (χ3n) is 4.41. The predicted molar refractivity (Wildman–Crippen MR) is 88.9 cm³/mol. The number of urea groups is 1. The minimum absolute atomic E-state index is 0.0686. The van der Waals surface area contributed by atoms with E-state index in [1.54, 1.807) is 19.1 Å². The van der Waals surface area contributed by atoms with Crippen LogP contribution in [0.5, 0.6) is 0 Å². The van der Waals surface area contributed by atoms with Crippen LogP contribution in [0.4, 0.5) is 14.9 Å². The van der Waals surface area contributed by atoms with Gasteiger partial charge in [0.1, 0.15) is 5.82 Å². The molecule has 1 N–H and O–H groups in total. The van der Waals surface area contributed by atoms with Gasteiger partial charge in [0, 0.05) is 30.7 Å². The van der Waals surface area contributed by atoms with E-state index in [4.69, 9.17) is 0 Å². The number of hydrogen-bond acceptors (Lipinski definition) is 1. The molecule has 4 nitrogen and oxygen atoms in total. The number of aromatic nitrogens is 1. The van der Waals surface area contributed by atoms with Crippen molar-refractivity contribution in [1.82, 2.24) is 9.47 Å². The fourth-order valence-electron chi connectivity index (χ4n) is 3.15. The second-order valence-electron chi connectivity index (χ2n) is 6.02. The number of hydrogen-bond donors (Lipinski definition) is 1. The molecule has 0 bridgehead atoms. The number of nitrogens with one attached hydrogen (secondary N) is 1. The van der Waals surface area contributed by atoms with Crippen LogP contribution in [0.25, 0.3) is 0 Å². The highest BCUT2D eigenvalue weighted by Crippen LogP contribution is 2.30. The van der Waals surface area contributed by atoms with Crippen molar-refractivity contribution in [2.45, 2.75) is 39.3 Å². The summed E-state index contributed by atoms with van der Waals surface area (Å²) in [5.41, 5.74) is 2.24. The molecule has 2 aromatic rings. The summed E-state index contributed by atoms with van der Waals surface area (Å²) in [6.07, 6.45) is 3.97. The fraction of sp³-hybridized carbons (Fsp3) is 0.389.